The van der Waals surface area contributed by atoms with Crippen LogP contribution in [0.1, 0.15) is 10.4 Å². The smallest absolute Gasteiger partial charge is 0.259 e. The Morgan fingerprint density at radius 2 is 1.75 bits per heavy atom. The largest absolute Gasteiger partial charge is 0.497 e. The Morgan fingerprint density at radius 1 is 0.964 bits per heavy atom. The van der Waals surface area contributed by atoms with Crippen LogP contribution in [0.5, 0.6) is 11.5 Å². The Hall–Kier alpha value is -3.38. The number of hydrogen-bond donors (Lipinski definition) is 1. The summed E-state index contributed by atoms with van der Waals surface area (Å²) in [5.41, 5.74) is 3.11. The Kier molecular flexibility index (Phi) is 4.95. The predicted octanol–water partition coefficient (Wildman–Crippen LogP) is 5.23. The molecule has 0 fully saturated rings. The number of amides is 1. The maximum Gasteiger partial charge on any atom is 0.259 e. The van der Waals surface area contributed by atoms with Gasteiger partial charge in [0, 0.05) is 11.3 Å². The van der Waals surface area contributed by atoms with Crippen molar-refractivity contribution in [3.05, 3.63) is 72.3 Å². The summed E-state index contributed by atoms with van der Waals surface area (Å²) in [6.07, 6.45) is 0. The molecule has 1 aromatic heterocycles. The molecule has 6 heteroatoms. The maximum atomic E-state index is 12.7. The molecule has 28 heavy (non-hydrogen) atoms. The van der Waals surface area contributed by atoms with Crippen LogP contribution in [0.15, 0.2) is 66.7 Å². The Bertz CT molecular complexity index is 1100. The van der Waals surface area contributed by atoms with Crippen molar-refractivity contribution in [1.82, 2.24) is 4.98 Å². The summed E-state index contributed by atoms with van der Waals surface area (Å²) in [4.78, 5) is 17.3. The van der Waals surface area contributed by atoms with Crippen molar-refractivity contribution in [3.63, 3.8) is 0 Å². The number of hydrogen-bond acceptors (Lipinski definition) is 5. The van der Waals surface area contributed by atoms with Gasteiger partial charge in [0.15, 0.2) is 0 Å². The van der Waals surface area contributed by atoms with Crippen LogP contribution >= 0.6 is 11.3 Å². The lowest BCUT2D eigenvalue weighted by atomic mass is 10.1. The van der Waals surface area contributed by atoms with Crippen molar-refractivity contribution in [2.24, 2.45) is 0 Å². The van der Waals surface area contributed by atoms with E-state index in [-0.39, 0.29) is 5.91 Å². The third-order valence-corrected chi connectivity index (χ3v) is 5.42. The van der Waals surface area contributed by atoms with Crippen LogP contribution in [0.4, 0.5) is 5.69 Å². The molecule has 140 valence electrons. The maximum absolute atomic E-state index is 12.7. The van der Waals surface area contributed by atoms with Crippen molar-refractivity contribution >= 4 is 33.1 Å². The first-order valence-corrected chi connectivity index (χ1v) is 9.49. The van der Waals surface area contributed by atoms with Gasteiger partial charge in [-0.05, 0) is 54.6 Å². The topological polar surface area (TPSA) is 60.5 Å². The summed E-state index contributed by atoms with van der Waals surface area (Å²) in [7, 11) is 3.09. The van der Waals surface area contributed by atoms with Gasteiger partial charge in [-0.25, -0.2) is 4.98 Å². The molecule has 0 aliphatic carbocycles. The van der Waals surface area contributed by atoms with E-state index in [1.807, 2.05) is 42.5 Å². The molecule has 1 N–H and O–H groups in total. The minimum absolute atomic E-state index is 0.261. The fourth-order valence-corrected chi connectivity index (χ4v) is 3.85. The van der Waals surface area contributed by atoms with Crippen molar-refractivity contribution in [3.8, 4) is 22.1 Å². The summed E-state index contributed by atoms with van der Waals surface area (Å²) >= 11 is 1.65. The SMILES string of the molecule is COc1ccc(OC)c(C(=O)Nc2ccc(-c3nc4ccccc4s3)cc2)c1. The highest BCUT2D eigenvalue weighted by Gasteiger charge is 2.14. The van der Waals surface area contributed by atoms with E-state index in [9.17, 15) is 4.79 Å². The summed E-state index contributed by atoms with van der Waals surface area (Å²) in [5.74, 6) is 0.824. The lowest BCUT2D eigenvalue weighted by Crippen LogP contribution is -2.13. The number of fused-ring (bicyclic) bond motifs is 1. The number of nitrogens with zero attached hydrogens (tertiary/aromatic N) is 1. The number of carbonyl (C=O) groups is 1. The normalized spacial score (nSPS) is 10.6. The van der Waals surface area contributed by atoms with Gasteiger partial charge in [0.1, 0.15) is 16.5 Å². The fourth-order valence-electron chi connectivity index (χ4n) is 2.88. The number of benzene rings is 3. The van der Waals surface area contributed by atoms with Gasteiger partial charge in [-0.2, -0.15) is 0 Å². The Labute approximate surface area is 166 Å². The molecule has 0 spiro atoms. The zero-order valence-electron chi connectivity index (χ0n) is 15.4. The molecule has 4 aromatic rings. The molecule has 0 radical (unpaired) electrons. The minimum Gasteiger partial charge on any atom is -0.497 e. The summed E-state index contributed by atoms with van der Waals surface area (Å²) in [6.45, 7) is 0. The van der Waals surface area contributed by atoms with Gasteiger partial charge >= 0.3 is 0 Å². The number of para-hydroxylation sites is 1. The summed E-state index contributed by atoms with van der Waals surface area (Å²) in [5, 5.41) is 3.85. The van der Waals surface area contributed by atoms with Gasteiger partial charge in [-0.1, -0.05) is 12.1 Å². The van der Waals surface area contributed by atoms with E-state index < -0.39 is 0 Å². The number of thiazole rings is 1. The average Bonchev–Trinajstić information content (AvgIpc) is 3.18. The van der Waals surface area contributed by atoms with Crippen molar-refractivity contribution < 1.29 is 14.3 Å². The lowest BCUT2D eigenvalue weighted by Gasteiger charge is -2.11. The van der Waals surface area contributed by atoms with Crippen molar-refractivity contribution in [2.45, 2.75) is 0 Å². The predicted molar refractivity (Wildman–Crippen MR) is 113 cm³/mol. The van der Waals surface area contributed by atoms with E-state index in [0.717, 1.165) is 20.8 Å². The first-order chi connectivity index (χ1) is 13.7. The lowest BCUT2D eigenvalue weighted by molar-refractivity contribution is 0.102. The molecule has 1 heterocycles. The molecule has 5 nitrogen and oxygen atoms in total. The van der Waals surface area contributed by atoms with Crippen LogP contribution in [0.25, 0.3) is 20.8 Å². The van der Waals surface area contributed by atoms with Crippen LogP contribution in [0.2, 0.25) is 0 Å². The molecular formula is C22H18N2O3S. The Morgan fingerprint density at radius 3 is 2.46 bits per heavy atom. The van der Waals surface area contributed by atoms with Crippen LogP contribution < -0.4 is 14.8 Å². The molecule has 3 aromatic carbocycles. The quantitative estimate of drug-likeness (QED) is 0.507. The molecule has 0 aliphatic rings. The van der Waals surface area contributed by atoms with Gasteiger partial charge < -0.3 is 14.8 Å². The number of nitrogens with one attached hydrogen (secondary N) is 1. The Balaban J connectivity index is 1.55. The van der Waals surface area contributed by atoms with E-state index in [4.69, 9.17) is 9.47 Å². The molecule has 4 rings (SSSR count). The van der Waals surface area contributed by atoms with Gasteiger partial charge in [-0.3, -0.25) is 4.79 Å². The molecular weight excluding hydrogens is 372 g/mol. The van der Waals surface area contributed by atoms with Crippen LogP contribution in [-0.2, 0) is 0 Å². The highest BCUT2D eigenvalue weighted by atomic mass is 32.1. The zero-order valence-corrected chi connectivity index (χ0v) is 16.2. The van der Waals surface area contributed by atoms with E-state index in [0.29, 0.717) is 22.7 Å². The van der Waals surface area contributed by atoms with Gasteiger partial charge in [0.2, 0.25) is 0 Å². The number of anilines is 1. The van der Waals surface area contributed by atoms with Gasteiger partial charge in [0.25, 0.3) is 5.91 Å². The number of methoxy groups -OCH3 is 2. The van der Waals surface area contributed by atoms with E-state index >= 15 is 0 Å². The van der Waals surface area contributed by atoms with Crippen LogP contribution in [0.3, 0.4) is 0 Å². The average molecular weight is 390 g/mol. The number of aromatic nitrogens is 1. The first-order valence-electron chi connectivity index (χ1n) is 8.67. The third kappa shape index (κ3) is 3.54. The first kappa shape index (κ1) is 18.0. The molecule has 0 aliphatic heterocycles. The zero-order chi connectivity index (χ0) is 19.5. The van der Waals surface area contributed by atoms with Crippen LogP contribution in [-0.4, -0.2) is 25.1 Å². The van der Waals surface area contributed by atoms with E-state index in [2.05, 4.69) is 16.4 Å². The van der Waals surface area contributed by atoms with Crippen molar-refractivity contribution in [1.29, 1.82) is 0 Å². The van der Waals surface area contributed by atoms with Crippen molar-refractivity contribution in [2.75, 3.05) is 19.5 Å². The molecule has 0 unspecified atom stereocenters. The molecule has 0 atom stereocenters. The number of rotatable bonds is 5. The second-order valence-corrected chi connectivity index (χ2v) is 7.12. The number of ether oxygens (including phenoxy) is 2. The molecule has 0 saturated carbocycles. The fraction of sp³-hybridized carbons (Fsp3) is 0.0909. The van der Waals surface area contributed by atoms with E-state index in [1.165, 1.54) is 7.11 Å². The van der Waals surface area contributed by atoms with Gasteiger partial charge in [-0.15, -0.1) is 11.3 Å². The van der Waals surface area contributed by atoms with Crippen LogP contribution in [0, 0.1) is 0 Å². The monoisotopic (exact) mass is 390 g/mol. The highest BCUT2D eigenvalue weighted by Crippen LogP contribution is 2.31. The minimum atomic E-state index is -0.261. The standard InChI is InChI=1S/C22H18N2O3S/c1-26-16-11-12-19(27-2)17(13-16)21(25)23-15-9-7-14(8-10-15)22-24-18-5-3-4-6-20(18)28-22/h3-13H,1-2H3,(H,23,25). The third-order valence-electron chi connectivity index (χ3n) is 4.33. The molecule has 1 amide bonds. The summed E-state index contributed by atoms with van der Waals surface area (Å²) in [6, 6.07) is 20.8. The summed E-state index contributed by atoms with van der Waals surface area (Å²) < 4.78 is 11.6. The second-order valence-electron chi connectivity index (χ2n) is 6.08. The number of carbonyl (C=O) groups excluding carboxylic acids is 1. The van der Waals surface area contributed by atoms with E-state index in [1.54, 1.807) is 36.6 Å². The highest BCUT2D eigenvalue weighted by molar-refractivity contribution is 7.21. The molecule has 0 bridgehead atoms. The van der Waals surface area contributed by atoms with Gasteiger partial charge in [0.05, 0.1) is 30.0 Å². The molecule has 0 saturated heterocycles. The second kappa shape index (κ2) is 7.70.